The molecule has 0 saturated carbocycles. The van der Waals surface area contributed by atoms with Crippen molar-refractivity contribution in [2.75, 3.05) is 33.7 Å². The molecule has 0 aliphatic carbocycles. The Morgan fingerprint density at radius 3 is 2.75 bits per heavy atom. The van der Waals surface area contributed by atoms with Crippen LogP contribution in [-0.4, -0.2) is 69.2 Å². The second kappa shape index (κ2) is 7.81. The first-order chi connectivity index (χ1) is 13.4. The lowest BCUT2D eigenvalue weighted by Gasteiger charge is -2.27. The summed E-state index contributed by atoms with van der Waals surface area (Å²) in [6.45, 7) is 10.5. The van der Waals surface area contributed by atoms with Gasteiger partial charge in [0.2, 0.25) is 0 Å². The lowest BCUT2D eigenvalue weighted by Crippen LogP contribution is -2.34. The molecule has 1 fully saturated rings. The number of nitrogens with one attached hydrogen (secondary N) is 1. The van der Waals surface area contributed by atoms with Crippen LogP contribution in [0.5, 0.6) is 0 Å². The molecule has 7 heteroatoms. The molecule has 4 rings (SSSR count). The van der Waals surface area contributed by atoms with E-state index in [1.165, 1.54) is 17.8 Å². The normalized spacial score (nSPS) is 20.8. The number of aromatic amines is 1. The Hall–Kier alpha value is -1.96. The average Bonchev–Trinajstić information content (AvgIpc) is 3.28. The molecule has 4 heterocycles. The highest BCUT2D eigenvalue weighted by molar-refractivity contribution is 5.23. The first kappa shape index (κ1) is 19.4. The minimum Gasteiger partial charge on any atom is -0.363 e. The van der Waals surface area contributed by atoms with Gasteiger partial charge in [0, 0.05) is 68.3 Å². The summed E-state index contributed by atoms with van der Waals surface area (Å²) in [4.78, 5) is 22.7. The van der Waals surface area contributed by atoms with Gasteiger partial charge >= 0.3 is 0 Å². The molecule has 28 heavy (non-hydrogen) atoms. The molecule has 7 nitrogen and oxygen atoms in total. The number of H-pyrrole nitrogens is 1. The van der Waals surface area contributed by atoms with Crippen LogP contribution in [0.4, 0.5) is 0 Å². The van der Waals surface area contributed by atoms with Gasteiger partial charge in [0.15, 0.2) is 5.43 Å². The summed E-state index contributed by atoms with van der Waals surface area (Å²) in [6, 6.07) is 2.92. The SMILES string of the molecule is Cc1c[nH]c(CN2CCn3nc(CN4CC[C@@H](N(C)C)C4)cc3C2)c(C)c1=O. The minimum absolute atomic E-state index is 0.153. The summed E-state index contributed by atoms with van der Waals surface area (Å²) in [7, 11) is 4.34. The summed E-state index contributed by atoms with van der Waals surface area (Å²) in [6.07, 6.45) is 3.07. The molecular formula is C21H32N6O. The van der Waals surface area contributed by atoms with Crippen LogP contribution in [0.25, 0.3) is 0 Å². The van der Waals surface area contributed by atoms with E-state index < -0.39 is 0 Å². The molecule has 0 unspecified atom stereocenters. The van der Waals surface area contributed by atoms with E-state index in [0.29, 0.717) is 6.04 Å². The monoisotopic (exact) mass is 384 g/mol. The second-order valence-electron chi connectivity index (χ2n) is 8.61. The number of aromatic nitrogens is 3. The van der Waals surface area contributed by atoms with Crippen molar-refractivity contribution in [3.63, 3.8) is 0 Å². The van der Waals surface area contributed by atoms with Crippen LogP contribution < -0.4 is 5.43 Å². The molecule has 2 aliphatic heterocycles. The van der Waals surface area contributed by atoms with Crippen LogP contribution in [0.15, 0.2) is 17.1 Å². The molecular weight excluding hydrogens is 352 g/mol. The van der Waals surface area contributed by atoms with Crippen molar-refractivity contribution < 1.29 is 0 Å². The van der Waals surface area contributed by atoms with E-state index in [0.717, 1.165) is 62.6 Å². The number of aryl methyl sites for hydroxylation is 1. The molecule has 1 saturated heterocycles. The Morgan fingerprint density at radius 2 is 2.00 bits per heavy atom. The number of likely N-dealkylation sites (tertiary alicyclic amines) is 1. The van der Waals surface area contributed by atoms with Gasteiger partial charge in [0.05, 0.1) is 17.9 Å². The quantitative estimate of drug-likeness (QED) is 0.843. The summed E-state index contributed by atoms with van der Waals surface area (Å²) in [5, 5.41) is 4.85. The van der Waals surface area contributed by atoms with E-state index >= 15 is 0 Å². The average molecular weight is 385 g/mol. The number of hydrogen-bond donors (Lipinski definition) is 1. The fourth-order valence-electron chi connectivity index (χ4n) is 4.39. The largest absolute Gasteiger partial charge is 0.363 e. The number of nitrogens with zero attached hydrogens (tertiary/aromatic N) is 5. The third-order valence-corrected chi connectivity index (χ3v) is 6.29. The fraction of sp³-hybridized carbons (Fsp3) is 0.619. The van der Waals surface area contributed by atoms with E-state index in [2.05, 4.69) is 44.5 Å². The van der Waals surface area contributed by atoms with Gasteiger partial charge in [-0.2, -0.15) is 5.10 Å². The maximum atomic E-state index is 12.2. The summed E-state index contributed by atoms with van der Waals surface area (Å²) in [5.41, 5.74) is 5.24. The summed E-state index contributed by atoms with van der Waals surface area (Å²) in [5.74, 6) is 0. The molecule has 152 valence electrons. The van der Waals surface area contributed by atoms with Crippen molar-refractivity contribution in [3.05, 3.63) is 50.7 Å². The smallest absolute Gasteiger partial charge is 0.187 e. The van der Waals surface area contributed by atoms with Crippen LogP contribution in [0.1, 0.15) is 34.6 Å². The Balaban J connectivity index is 1.40. The van der Waals surface area contributed by atoms with Crippen LogP contribution in [0, 0.1) is 13.8 Å². The highest BCUT2D eigenvalue weighted by Gasteiger charge is 2.25. The fourth-order valence-corrected chi connectivity index (χ4v) is 4.39. The van der Waals surface area contributed by atoms with E-state index in [4.69, 9.17) is 5.10 Å². The zero-order valence-electron chi connectivity index (χ0n) is 17.5. The molecule has 0 amide bonds. The number of likely N-dealkylation sites (N-methyl/N-ethyl adjacent to an activating group) is 1. The van der Waals surface area contributed by atoms with E-state index in [9.17, 15) is 4.79 Å². The van der Waals surface area contributed by atoms with Gasteiger partial charge in [-0.15, -0.1) is 0 Å². The van der Waals surface area contributed by atoms with Crippen molar-refractivity contribution >= 4 is 0 Å². The maximum Gasteiger partial charge on any atom is 0.187 e. The van der Waals surface area contributed by atoms with Crippen molar-refractivity contribution in [2.45, 2.75) is 52.5 Å². The van der Waals surface area contributed by atoms with Crippen molar-refractivity contribution in [1.82, 2.24) is 29.5 Å². The molecule has 0 aromatic carbocycles. The Morgan fingerprint density at radius 1 is 1.18 bits per heavy atom. The lowest BCUT2D eigenvalue weighted by molar-refractivity contribution is 0.202. The number of pyridine rings is 1. The van der Waals surface area contributed by atoms with Crippen LogP contribution in [-0.2, 0) is 26.2 Å². The van der Waals surface area contributed by atoms with Gasteiger partial charge in [0.1, 0.15) is 0 Å². The first-order valence-corrected chi connectivity index (χ1v) is 10.2. The summed E-state index contributed by atoms with van der Waals surface area (Å²) >= 11 is 0. The Labute approximate surface area is 166 Å². The predicted molar refractivity (Wildman–Crippen MR) is 110 cm³/mol. The van der Waals surface area contributed by atoms with Gasteiger partial charge in [0.25, 0.3) is 0 Å². The lowest BCUT2D eigenvalue weighted by atomic mass is 10.1. The minimum atomic E-state index is 0.153. The highest BCUT2D eigenvalue weighted by atomic mass is 16.1. The first-order valence-electron chi connectivity index (χ1n) is 10.2. The molecule has 1 N–H and O–H groups in total. The Kier molecular flexibility index (Phi) is 5.40. The van der Waals surface area contributed by atoms with Gasteiger partial charge in [-0.3, -0.25) is 19.3 Å². The molecule has 2 aromatic heterocycles. The summed E-state index contributed by atoms with van der Waals surface area (Å²) < 4.78 is 2.16. The van der Waals surface area contributed by atoms with E-state index in [1.807, 2.05) is 20.0 Å². The van der Waals surface area contributed by atoms with Crippen LogP contribution >= 0.6 is 0 Å². The highest BCUT2D eigenvalue weighted by Crippen LogP contribution is 2.20. The van der Waals surface area contributed by atoms with Gasteiger partial charge < -0.3 is 9.88 Å². The van der Waals surface area contributed by atoms with E-state index in [1.54, 1.807) is 0 Å². The van der Waals surface area contributed by atoms with Crippen molar-refractivity contribution in [1.29, 1.82) is 0 Å². The Bertz CT molecular complexity index is 899. The molecule has 0 bridgehead atoms. The van der Waals surface area contributed by atoms with Gasteiger partial charge in [-0.05, 0) is 40.4 Å². The molecule has 1 atom stereocenters. The van der Waals surface area contributed by atoms with Crippen molar-refractivity contribution in [3.8, 4) is 0 Å². The van der Waals surface area contributed by atoms with E-state index in [-0.39, 0.29) is 5.43 Å². The second-order valence-corrected chi connectivity index (χ2v) is 8.61. The van der Waals surface area contributed by atoms with Crippen LogP contribution in [0.2, 0.25) is 0 Å². The van der Waals surface area contributed by atoms with Crippen molar-refractivity contribution in [2.24, 2.45) is 0 Å². The molecule has 2 aliphatic rings. The zero-order chi connectivity index (χ0) is 19.8. The predicted octanol–water partition coefficient (Wildman–Crippen LogP) is 1.34. The maximum absolute atomic E-state index is 12.2. The van der Waals surface area contributed by atoms with Gasteiger partial charge in [-0.25, -0.2) is 0 Å². The third kappa shape index (κ3) is 3.92. The van der Waals surface area contributed by atoms with Gasteiger partial charge in [-0.1, -0.05) is 0 Å². The molecule has 2 aromatic rings. The van der Waals surface area contributed by atoms with Crippen LogP contribution in [0.3, 0.4) is 0 Å². The standard InChI is InChI=1S/C21H32N6O/c1-15-10-22-20(16(2)21(15)28)14-26-7-8-27-19(13-26)9-17(23-27)11-25-6-5-18(12-25)24(3)4/h9-10,18H,5-8,11-14H2,1-4H3,(H,22,28)/t18-/m1/s1. The molecule has 0 radical (unpaired) electrons. The molecule has 0 spiro atoms. The number of hydrogen-bond acceptors (Lipinski definition) is 5. The third-order valence-electron chi connectivity index (χ3n) is 6.29. The topological polar surface area (TPSA) is 60.4 Å². The number of rotatable bonds is 5. The zero-order valence-corrected chi connectivity index (χ0v) is 17.5. The number of fused-ring (bicyclic) bond motifs is 1.